The summed E-state index contributed by atoms with van der Waals surface area (Å²) >= 11 is 24.0. The van der Waals surface area contributed by atoms with Crippen LogP contribution in [0.5, 0.6) is 0 Å². The van der Waals surface area contributed by atoms with E-state index in [0.29, 0.717) is 26.3 Å². The number of amides is 1. The van der Waals surface area contributed by atoms with Crippen LogP contribution in [-0.4, -0.2) is 5.91 Å². The van der Waals surface area contributed by atoms with Gasteiger partial charge in [0, 0.05) is 15.6 Å². The predicted molar refractivity (Wildman–Crippen MR) is 95.1 cm³/mol. The summed E-state index contributed by atoms with van der Waals surface area (Å²) in [7, 11) is 0. The molecule has 0 spiro atoms. The van der Waals surface area contributed by atoms with Gasteiger partial charge in [-0.1, -0.05) is 58.5 Å². The molecule has 1 N–H and O–H groups in total. The fourth-order valence-corrected chi connectivity index (χ4v) is 2.59. The summed E-state index contributed by atoms with van der Waals surface area (Å²) in [4.78, 5) is 12.2. The van der Waals surface area contributed by atoms with Crippen molar-refractivity contribution in [1.29, 1.82) is 5.26 Å². The molecule has 2 rings (SSSR count). The Kier molecular flexibility index (Phi) is 5.92. The normalized spacial score (nSPS) is 11.0. The largest absolute Gasteiger partial charge is 0.320 e. The van der Waals surface area contributed by atoms with Crippen molar-refractivity contribution in [3.05, 3.63) is 67.6 Å². The van der Waals surface area contributed by atoms with Crippen LogP contribution in [0.25, 0.3) is 6.08 Å². The highest BCUT2D eigenvalue weighted by molar-refractivity contribution is 6.44. The Morgan fingerprint density at radius 3 is 2.17 bits per heavy atom. The number of carbonyl (C=O) groups excluding carboxylic acids is 1. The third kappa shape index (κ3) is 4.19. The number of anilines is 1. The first-order chi connectivity index (χ1) is 10.9. The number of carbonyl (C=O) groups is 1. The molecule has 0 aliphatic carbocycles. The molecule has 0 saturated heterocycles. The SMILES string of the molecule is N#CC(=Cc1c(Cl)cccc1Cl)C(=O)Nc1cccc(Cl)c1Cl. The highest BCUT2D eigenvalue weighted by atomic mass is 35.5. The first-order valence-corrected chi connectivity index (χ1v) is 7.76. The Hall–Kier alpha value is -1.70. The third-order valence-corrected chi connectivity index (χ3v) is 4.33. The average molecular weight is 386 g/mol. The lowest BCUT2D eigenvalue weighted by Crippen LogP contribution is -2.13. The molecule has 0 aliphatic heterocycles. The molecule has 0 aromatic heterocycles. The number of nitriles is 1. The second-order valence-electron chi connectivity index (χ2n) is 4.36. The quantitative estimate of drug-likeness (QED) is 0.532. The third-order valence-electron chi connectivity index (χ3n) is 2.85. The molecule has 0 bridgehead atoms. The van der Waals surface area contributed by atoms with E-state index in [1.165, 1.54) is 6.08 Å². The lowest BCUT2D eigenvalue weighted by Gasteiger charge is -2.08. The molecular weight excluding hydrogens is 378 g/mol. The summed E-state index contributed by atoms with van der Waals surface area (Å²) in [5.74, 6) is -0.646. The van der Waals surface area contributed by atoms with E-state index in [0.717, 1.165) is 0 Å². The molecule has 0 heterocycles. The lowest BCUT2D eigenvalue weighted by molar-refractivity contribution is -0.112. The van der Waals surface area contributed by atoms with Crippen molar-refractivity contribution in [3.63, 3.8) is 0 Å². The van der Waals surface area contributed by atoms with Gasteiger partial charge in [0.15, 0.2) is 0 Å². The maximum absolute atomic E-state index is 12.2. The molecule has 0 unspecified atom stereocenters. The van der Waals surface area contributed by atoms with E-state index in [1.54, 1.807) is 36.4 Å². The van der Waals surface area contributed by atoms with E-state index in [1.807, 2.05) is 6.07 Å². The zero-order valence-corrected chi connectivity index (χ0v) is 14.4. The van der Waals surface area contributed by atoms with E-state index in [4.69, 9.17) is 46.4 Å². The van der Waals surface area contributed by atoms with E-state index in [2.05, 4.69) is 5.32 Å². The van der Waals surface area contributed by atoms with Crippen molar-refractivity contribution in [2.45, 2.75) is 0 Å². The van der Waals surface area contributed by atoms with Gasteiger partial charge in [-0.3, -0.25) is 4.79 Å². The minimum atomic E-state index is -0.646. The molecule has 0 saturated carbocycles. The minimum Gasteiger partial charge on any atom is -0.320 e. The van der Waals surface area contributed by atoms with E-state index in [9.17, 15) is 10.1 Å². The Balaban J connectivity index is 2.35. The Morgan fingerprint density at radius 2 is 1.57 bits per heavy atom. The van der Waals surface area contributed by atoms with Crippen LogP contribution in [0, 0.1) is 11.3 Å². The maximum Gasteiger partial charge on any atom is 0.266 e. The van der Waals surface area contributed by atoms with Crippen molar-refractivity contribution in [3.8, 4) is 6.07 Å². The fraction of sp³-hybridized carbons (Fsp3) is 0. The number of hydrogen-bond acceptors (Lipinski definition) is 2. The number of rotatable bonds is 3. The number of nitrogens with zero attached hydrogens (tertiary/aromatic N) is 1. The smallest absolute Gasteiger partial charge is 0.266 e. The molecule has 23 heavy (non-hydrogen) atoms. The van der Waals surface area contributed by atoms with E-state index >= 15 is 0 Å². The zero-order chi connectivity index (χ0) is 17.0. The van der Waals surface area contributed by atoms with Gasteiger partial charge in [-0.15, -0.1) is 0 Å². The van der Waals surface area contributed by atoms with Gasteiger partial charge in [0.1, 0.15) is 11.6 Å². The molecule has 1 amide bonds. The summed E-state index contributed by atoms with van der Waals surface area (Å²) in [6.07, 6.45) is 1.32. The molecule has 2 aromatic carbocycles. The Labute approximate surface area is 153 Å². The zero-order valence-electron chi connectivity index (χ0n) is 11.4. The van der Waals surface area contributed by atoms with Crippen LogP contribution in [0.3, 0.4) is 0 Å². The van der Waals surface area contributed by atoms with Crippen LogP contribution in [0.1, 0.15) is 5.56 Å². The summed E-state index contributed by atoms with van der Waals surface area (Å²) in [5.41, 5.74) is 0.520. The predicted octanol–water partition coefficient (Wildman–Crippen LogP) is 5.85. The van der Waals surface area contributed by atoms with Crippen molar-refractivity contribution in [1.82, 2.24) is 0 Å². The van der Waals surface area contributed by atoms with Crippen LogP contribution in [-0.2, 0) is 4.79 Å². The fourth-order valence-electron chi connectivity index (χ4n) is 1.73. The summed E-state index contributed by atoms with van der Waals surface area (Å²) < 4.78 is 0. The van der Waals surface area contributed by atoms with Gasteiger partial charge in [0.05, 0.1) is 15.7 Å². The average Bonchev–Trinajstić information content (AvgIpc) is 2.51. The molecule has 0 fully saturated rings. The lowest BCUT2D eigenvalue weighted by atomic mass is 10.1. The summed E-state index contributed by atoms with van der Waals surface area (Å²) in [5, 5.41) is 12.9. The van der Waals surface area contributed by atoms with E-state index in [-0.39, 0.29) is 10.6 Å². The van der Waals surface area contributed by atoms with Crippen molar-refractivity contribution in [2.24, 2.45) is 0 Å². The van der Waals surface area contributed by atoms with Crippen LogP contribution in [0.4, 0.5) is 5.69 Å². The van der Waals surface area contributed by atoms with Crippen molar-refractivity contribution >= 4 is 64.1 Å². The number of halogens is 4. The highest BCUT2D eigenvalue weighted by Gasteiger charge is 2.14. The first kappa shape index (κ1) is 17.7. The molecule has 7 heteroatoms. The second kappa shape index (κ2) is 7.72. The van der Waals surface area contributed by atoms with E-state index < -0.39 is 5.91 Å². The van der Waals surface area contributed by atoms with Crippen LogP contribution in [0.15, 0.2) is 42.0 Å². The molecule has 0 atom stereocenters. The topological polar surface area (TPSA) is 52.9 Å². The molecule has 116 valence electrons. The molecule has 3 nitrogen and oxygen atoms in total. The van der Waals surface area contributed by atoms with Gasteiger partial charge >= 0.3 is 0 Å². The van der Waals surface area contributed by atoms with Gasteiger partial charge in [0.2, 0.25) is 0 Å². The van der Waals surface area contributed by atoms with Crippen LogP contribution >= 0.6 is 46.4 Å². The maximum atomic E-state index is 12.2. The Morgan fingerprint density at radius 1 is 1.00 bits per heavy atom. The van der Waals surface area contributed by atoms with Gasteiger partial charge < -0.3 is 5.32 Å². The van der Waals surface area contributed by atoms with Gasteiger partial charge in [-0.25, -0.2) is 0 Å². The Bertz CT molecular complexity index is 820. The first-order valence-electron chi connectivity index (χ1n) is 6.25. The van der Waals surface area contributed by atoms with Gasteiger partial charge in [-0.05, 0) is 30.3 Å². The number of hydrogen-bond donors (Lipinski definition) is 1. The minimum absolute atomic E-state index is 0.170. The van der Waals surface area contributed by atoms with Crippen molar-refractivity contribution in [2.75, 3.05) is 5.32 Å². The molecule has 2 aromatic rings. The van der Waals surface area contributed by atoms with Crippen molar-refractivity contribution < 1.29 is 4.79 Å². The summed E-state index contributed by atoms with van der Waals surface area (Å²) in [6, 6.07) is 11.5. The standard InChI is InChI=1S/C16H8Cl4N2O/c17-11-3-1-4-12(18)10(11)7-9(8-21)16(23)22-14-6-2-5-13(19)15(14)20/h1-7H,(H,22,23). The highest BCUT2D eigenvalue weighted by Crippen LogP contribution is 2.30. The van der Waals surface area contributed by atoms with Crippen LogP contribution < -0.4 is 5.32 Å². The van der Waals surface area contributed by atoms with Gasteiger partial charge in [-0.2, -0.15) is 5.26 Å². The molecule has 0 radical (unpaired) electrons. The summed E-state index contributed by atoms with van der Waals surface area (Å²) in [6.45, 7) is 0. The molecule has 0 aliphatic rings. The molecular formula is C16H8Cl4N2O. The van der Waals surface area contributed by atoms with Crippen LogP contribution in [0.2, 0.25) is 20.1 Å². The monoisotopic (exact) mass is 384 g/mol. The van der Waals surface area contributed by atoms with Gasteiger partial charge in [0.25, 0.3) is 5.91 Å². The second-order valence-corrected chi connectivity index (χ2v) is 5.96. The number of benzene rings is 2. The number of nitrogens with one attached hydrogen (secondary N) is 1.